The lowest BCUT2D eigenvalue weighted by molar-refractivity contribution is 0.176. The van der Waals surface area contributed by atoms with Crippen molar-refractivity contribution < 1.29 is 10.2 Å². The van der Waals surface area contributed by atoms with Crippen LogP contribution < -0.4 is 5.32 Å². The Labute approximate surface area is 83.7 Å². The van der Waals surface area contributed by atoms with E-state index < -0.39 is 6.10 Å². The lowest BCUT2D eigenvalue weighted by Gasteiger charge is -2.11. The molecule has 0 amide bonds. The Morgan fingerprint density at radius 2 is 2.29 bits per heavy atom. The lowest BCUT2D eigenvalue weighted by atomic mass is 10.1. The largest absolute Gasteiger partial charge is 0.508 e. The van der Waals surface area contributed by atoms with E-state index in [4.69, 9.17) is 0 Å². The first-order valence-corrected chi connectivity index (χ1v) is 4.52. The summed E-state index contributed by atoms with van der Waals surface area (Å²) in [7, 11) is 0. The zero-order chi connectivity index (χ0) is 10.4. The molecule has 1 aromatic rings. The molecule has 1 atom stereocenters. The van der Waals surface area contributed by atoms with Gasteiger partial charge in [-0.1, -0.05) is 18.2 Å². The predicted octanol–water partition coefficient (Wildman–Crippen LogP) is 1.20. The number of nitrogens with one attached hydrogen (secondary N) is 1. The van der Waals surface area contributed by atoms with Gasteiger partial charge in [-0.3, -0.25) is 0 Å². The summed E-state index contributed by atoms with van der Waals surface area (Å²) in [5.74, 6) is 0.172. The Bertz CT molecular complexity index is 299. The number of aliphatic hydroxyl groups is 1. The predicted molar refractivity (Wildman–Crippen MR) is 56.1 cm³/mol. The SMILES string of the molecule is C=CCNCC(O)c1cccc(O)c1. The van der Waals surface area contributed by atoms with E-state index in [1.165, 1.54) is 0 Å². The highest BCUT2D eigenvalue weighted by atomic mass is 16.3. The van der Waals surface area contributed by atoms with E-state index in [9.17, 15) is 10.2 Å². The van der Waals surface area contributed by atoms with Crippen LogP contribution in [-0.2, 0) is 0 Å². The Morgan fingerprint density at radius 3 is 2.93 bits per heavy atom. The average Bonchev–Trinajstić information content (AvgIpc) is 2.18. The van der Waals surface area contributed by atoms with Gasteiger partial charge < -0.3 is 15.5 Å². The molecule has 0 saturated heterocycles. The third-order valence-corrected chi connectivity index (χ3v) is 1.88. The highest BCUT2D eigenvalue weighted by Crippen LogP contribution is 2.17. The highest BCUT2D eigenvalue weighted by Gasteiger charge is 2.06. The molecule has 0 aliphatic heterocycles. The van der Waals surface area contributed by atoms with Crippen LogP contribution in [0.25, 0.3) is 0 Å². The Morgan fingerprint density at radius 1 is 1.50 bits per heavy atom. The van der Waals surface area contributed by atoms with E-state index in [1.54, 1.807) is 30.3 Å². The van der Waals surface area contributed by atoms with Crippen molar-refractivity contribution in [2.45, 2.75) is 6.10 Å². The molecule has 0 spiro atoms. The van der Waals surface area contributed by atoms with Crippen molar-refractivity contribution in [1.29, 1.82) is 0 Å². The molecule has 0 aliphatic rings. The van der Waals surface area contributed by atoms with E-state index in [1.807, 2.05) is 0 Å². The summed E-state index contributed by atoms with van der Waals surface area (Å²) in [6.45, 7) is 4.68. The number of hydrogen-bond donors (Lipinski definition) is 3. The lowest BCUT2D eigenvalue weighted by Crippen LogP contribution is -2.21. The number of benzene rings is 1. The van der Waals surface area contributed by atoms with Crippen molar-refractivity contribution in [2.75, 3.05) is 13.1 Å². The van der Waals surface area contributed by atoms with Gasteiger partial charge in [-0.2, -0.15) is 0 Å². The van der Waals surface area contributed by atoms with Crippen molar-refractivity contribution in [3.05, 3.63) is 42.5 Å². The summed E-state index contributed by atoms with van der Waals surface area (Å²) in [5.41, 5.74) is 0.710. The fraction of sp³-hybridized carbons (Fsp3) is 0.273. The van der Waals surface area contributed by atoms with Crippen LogP contribution >= 0.6 is 0 Å². The third kappa shape index (κ3) is 3.20. The summed E-state index contributed by atoms with van der Waals surface area (Å²) in [4.78, 5) is 0. The highest BCUT2D eigenvalue weighted by molar-refractivity contribution is 5.28. The second kappa shape index (κ2) is 5.42. The van der Waals surface area contributed by atoms with Gasteiger partial charge in [0.25, 0.3) is 0 Å². The molecule has 3 nitrogen and oxygen atoms in total. The molecule has 1 unspecified atom stereocenters. The van der Waals surface area contributed by atoms with Crippen LogP contribution in [-0.4, -0.2) is 23.3 Å². The number of aromatic hydroxyl groups is 1. The maximum Gasteiger partial charge on any atom is 0.115 e. The fourth-order valence-electron chi connectivity index (χ4n) is 1.17. The number of aliphatic hydroxyl groups excluding tert-OH is 1. The molecule has 0 aliphatic carbocycles. The van der Waals surface area contributed by atoms with E-state index in [-0.39, 0.29) is 5.75 Å². The Hall–Kier alpha value is -1.32. The molecule has 0 radical (unpaired) electrons. The summed E-state index contributed by atoms with van der Waals surface area (Å²) in [6.07, 6.45) is 1.14. The first-order valence-electron chi connectivity index (χ1n) is 4.52. The van der Waals surface area contributed by atoms with Crippen LogP contribution in [0.1, 0.15) is 11.7 Å². The normalized spacial score (nSPS) is 12.4. The molecule has 1 rings (SSSR count). The third-order valence-electron chi connectivity index (χ3n) is 1.88. The number of phenolic OH excluding ortho intramolecular Hbond substituents is 1. The van der Waals surface area contributed by atoms with E-state index in [0.717, 1.165) is 0 Å². The van der Waals surface area contributed by atoms with Gasteiger partial charge in [0.2, 0.25) is 0 Å². The van der Waals surface area contributed by atoms with Crippen LogP contribution in [0, 0.1) is 0 Å². The Balaban J connectivity index is 2.51. The van der Waals surface area contributed by atoms with Crippen molar-refractivity contribution in [2.24, 2.45) is 0 Å². The summed E-state index contributed by atoms with van der Waals surface area (Å²) < 4.78 is 0. The molecule has 0 bridgehead atoms. The molecule has 0 aromatic heterocycles. The molecule has 76 valence electrons. The molecule has 3 heteroatoms. The second-order valence-electron chi connectivity index (χ2n) is 3.06. The van der Waals surface area contributed by atoms with Crippen molar-refractivity contribution in [3.63, 3.8) is 0 Å². The minimum absolute atomic E-state index is 0.172. The summed E-state index contributed by atoms with van der Waals surface area (Å²) in [5, 5.41) is 21.9. The van der Waals surface area contributed by atoms with Gasteiger partial charge >= 0.3 is 0 Å². The van der Waals surface area contributed by atoms with Gasteiger partial charge in [0, 0.05) is 13.1 Å². The number of hydrogen-bond acceptors (Lipinski definition) is 3. The topological polar surface area (TPSA) is 52.5 Å². The Kier molecular flexibility index (Phi) is 4.16. The fourth-order valence-corrected chi connectivity index (χ4v) is 1.17. The van der Waals surface area contributed by atoms with Gasteiger partial charge in [0.05, 0.1) is 6.10 Å². The monoisotopic (exact) mass is 193 g/mol. The minimum Gasteiger partial charge on any atom is -0.508 e. The van der Waals surface area contributed by atoms with Crippen LogP contribution in [0.15, 0.2) is 36.9 Å². The van der Waals surface area contributed by atoms with Gasteiger partial charge in [0.15, 0.2) is 0 Å². The molecule has 14 heavy (non-hydrogen) atoms. The molecule has 0 fully saturated rings. The first-order chi connectivity index (χ1) is 6.74. The van der Waals surface area contributed by atoms with Crippen LogP contribution in [0.5, 0.6) is 5.75 Å². The number of rotatable bonds is 5. The zero-order valence-electron chi connectivity index (χ0n) is 7.98. The van der Waals surface area contributed by atoms with Crippen LogP contribution in [0.3, 0.4) is 0 Å². The molecular weight excluding hydrogens is 178 g/mol. The van der Waals surface area contributed by atoms with Gasteiger partial charge in [-0.05, 0) is 17.7 Å². The minimum atomic E-state index is -0.595. The maximum absolute atomic E-state index is 9.66. The number of phenols is 1. The average molecular weight is 193 g/mol. The van der Waals surface area contributed by atoms with Crippen LogP contribution in [0.2, 0.25) is 0 Å². The molecule has 1 aromatic carbocycles. The van der Waals surface area contributed by atoms with E-state index in [2.05, 4.69) is 11.9 Å². The van der Waals surface area contributed by atoms with Crippen molar-refractivity contribution in [1.82, 2.24) is 5.32 Å². The van der Waals surface area contributed by atoms with E-state index in [0.29, 0.717) is 18.7 Å². The molecule has 0 saturated carbocycles. The quantitative estimate of drug-likeness (QED) is 0.486. The van der Waals surface area contributed by atoms with Gasteiger partial charge in [-0.15, -0.1) is 6.58 Å². The first kappa shape index (κ1) is 10.8. The molecule has 3 N–H and O–H groups in total. The maximum atomic E-state index is 9.66. The van der Waals surface area contributed by atoms with E-state index >= 15 is 0 Å². The van der Waals surface area contributed by atoms with Gasteiger partial charge in [-0.25, -0.2) is 0 Å². The second-order valence-corrected chi connectivity index (χ2v) is 3.06. The molecular formula is C11H15NO2. The summed E-state index contributed by atoms with van der Waals surface area (Å²) >= 11 is 0. The standard InChI is InChI=1S/C11H15NO2/c1-2-6-12-8-11(14)9-4-3-5-10(13)7-9/h2-5,7,11-14H,1,6,8H2. The smallest absolute Gasteiger partial charge is 0.115 e. The van der Waals surface area contributed by atoms with Crippen molar-refractivity contribution in [3.8, 4) is 5.75 Å². The zero-order valence-corrected chi connectivity index (χ0v) is 7.98. The van der Waals surface area contributed by atoms with Crippen molar-refractivity contribution >= 4 is 0 Å². The molecule has 0 heterocycles. The van der Waals surface area contributed by atoms with Crippen LogP contribution in [0.4, 0.5) is 0 Å². The summed E-state index contributed by atoms with van der Waals surface area (Å²) in [6, 6.07) is 6.62. The van der Waals surface area contributed by atoms with Gasteiger partial charge in [0.1, 0.15) is 5.75 Å².